The Morgan fingerprint density at radius 1 is 1.33 bits per heavy atom. The highest BCUT2D eigenvalue weighted by molar-refractivity contribution is 7.17. The van der Waals surface area contributed by atoms with Crippen LogP contribution in [0.5, 0.6) is 0 Å². The van der Waals surface area contributed by atoms with E-state index in [2.05, 4.69) is 12.2 Å². The first kappa shape index (κ1) is 16.0. The molecular formula is C16H24N2O2S. The van der Waals surface area contributed by atoms with Crippen LogP contribution in [0, 0.1) is 5.92 Å². The molecular weight excluding hydrogens is 284 g/mol. The lowest BCUT2D eigenvalue weighted by atomic mass is 9.88. The van der Waals surface area contributed by atoms with Gasteiger partial charge >= 0.3 is 0 Å². The van der Waals surface area contributed by atoms with Gasteiger partial charge in [-0.25, -0.2) is 0 Å². The van der Waals surface area contributed by atoms with Crippen molar-refractivity contribution in [3.05, 3.63) is 16.0 Å². The lowest BCUT2D eigenvalue weighted by Gasteiger charge is -2.22. The molecule has 0 saturated carbocycles. The maximum atomic E-state index is 12.8. The minimum absolute atomic E-state index is 0.0517. The number of carbonyl (C=O) groups excluding carboxylic acids is 2. The van der Waals surface area contributed by atoms with Crippen LogP contribution in [-0.2, 0) is 17.6 Å². The van der Waals surface area contributed by atoms with E-state index >= 15 is 0 Å². The van der Waals surface area contributed by atoms with Crippen LogP contribution < -0.4 is 5.32 Å². The molecule has 1 N–H and O–H groups in total. The maximum Gasteiger partial charge on any atom is 0.257 e. The van der Waals surface area contributed by atoms with Crippen LogP contribution in [-0.4, -0.2) is 29.8 Å². The fourth-order valence-corrected chi connectivity index (χ4v) is 4.34. The van der Waals surface area contributed by atoms with Gasteiger partial charge in [-0.15, -0.1) is 11.3 Å². The molecule has 2 rings (SSSR count). The third kappa shape index (κ3) is 3.28. The van der Waals surface area contributed by atoms with Gasteiger partial charge in [0.2, 0.25) is 5.91 Å². The summed E-state index contributed by atoms with van der Waals surface area (Å²) in [5.74, 6) is 0.587. The molecule has 0 saturated heterocycles. The molecule has 0 aliphatic heterocycles. The molecule has 1 aliphatic carbocycles. The predicted octanol–water partition coefficient (Wildman–Crippen LogP) is 3.31. The molecule has 0 unspecified atom stereocenters. The minimum Gasteiger partial charge on any atom is -0.339 e. The van der Waals surface area contributed by atoms with Crippen LogP contribution in [0.3, 0.4) is 0 Å². The van der Waals surface area contributed by atoms with Gasteiger partial charge in [0.15, 0.2) is 0 Å². The van der Waals surface area contributed by atoms with E-state index in [-0.39, 0.29) is 11.8 Å². The maximum absolute atomic E-state index is 12.8. The summed E-state index contributed by atoms with van der Waals surface area (Å²) < 4.78 is 0. The van der Waals surface area contributed by atoms with Crippen molar-refractivity contribution in [1.82, 2.24) is 4.90 Å². The molecule has 4 nitrogen and oxygen atoms in total. The zero-order chi connectivity index (χ0) is 15.6. The highest BCUT2D eigenvalue weighted by Crippen LogP contribution is 2.40. The normalized spacial score (nSPS) is 17.2. The summed E-state index contributed by atoms with van der Waals surface area (Å²) in [6, 6.07) is 0. The van der Waals surface area contributed by atoms with E-state index in [1.165, 1.54) is 17.4 Å². The smallest absolute Gasteiger partial charge is 0.257 e. The van der Waals surface area contributed by atoms with Gasteiger partial charge < -0.3 is 10.2 Å². The van der Waals surface area contributed by atoms with E-state index in [9.17, 15) is 9.59 Å². The SMILES string of the molecule is CCN(CC)C(=O)c1c(NC(C)=O)sc2c1CC[C@H](C)C2. The number of anilines is 1. The second-order valence-corrected chi connectivity index (χ2v) is 6.82. The average molecular weight is 308 g/mol. The number of rotatable bonds is 4. The summed E-state index contributed by atoms with van der Waals surface area (Å²) in [7, 11) is 0. The van der Waals surface area contributed by atoms with Crippen molar-refractivity contribution in [2.75, 3.05) is 18.4 Å². The molecule has 1 aliphatic rings. The van der Waals surface area contributed by atoms with Crippen LogP contribution in [0.25, 0.3) is 0 Å². The number of thiophene rings is 1. The van der Waals surface area contributed by atoms with Crippen LogP contribution in [0.2, 0.25) is 0 Å². The Balaban J connectivity index is 2.45. The van der Waals surface area contributed by atoms with Crippen molar-refractivity contribution in [2.45, 2.75) is 47.0 Å². The summed E-state index contributed by atoms with van der Waals surface area (Å²) in [4.78, 5) is 27.3. The Bertz CT molecular complexity index is 547. The van der Waals surface area contributed by atoms with Crippen molar-refractivity contribution >= 4 is 28.2 Å². The number of carbonyl (C=O) groups is 2. The van der Waals surface area contributed by atoms with E-state index in [4.69, 9.17) is 0 Å². The zero-order valence-corrected chi connectivity index (χ0v) is 14.1. The molecule has 0 radical (unpaired) electrons. The minimum atomic E-state index is -0.116. The summed E-state index contributed by atoms with van der Waals surface area (Å²) in [5.41, 5.74) is 1.90. The van der Waals surface area contributed by atoms with Crippen molar-refractivity contribution in [2.24, 2.45) is 5.92 Å². The van der Waals surface area contributed by atoms with Crippen molar-refractivity contribution in [1.29, 1.82) is 0 Å². The Hall–Kier alpha value is -1.36. The number of fused-ring (bicyclic) bond motifs is 1. The van der Waals surface area contributed by atoms with E-state index in [0.29, 0.717) is 19.0 Å². The van der Waals surface area contributed by atoms with Gasteiger partial charge in [0.05, 0.1) is 5.56 Å². The van der Waals surface area contributed by atoms with Gasteiger partial charge in [-0.1, -0.05) is 6.92 Å². The van der Waals surface area contributed by atoms with Gasteiger partial charge in [-0.3, -0.25) is 9.59 Å². The van der Waals surface area contributed by atoms with Crippen molar-refractivity contribution < 1.29 is 9.59 Å². The van der Waals surface area contributed by atoms with Crippen LogP contribution >= 0.6 is 11.3 Å². The Morgan fingerprint density at radius 2 is 2.00 bits per heavy atom. The molecule has 5 heteroatoms. The standard InChI is InChI=1S/C16H24N2O2S/c1-5-18(6-2)16(20)14-12-8-7-10(3)9-13(12)21-15(14)17-11(4)19/h10H,5-9H2,1-4H3,(H,17,19)/t10-/m0/s1. The third-order valence-electron chi connectivity index (χ3n) is 4.07. The topological polar surface area (TPSA) is 49.4 Å². The van der Waals surface area contributed by atoms with Gasteiger partial charge in [0.25, 0.3) is 5.91 Å². The third-order valence-corrected chi connectivity index (χ3v) is 5.24. The lowest BCUT2D eigenvalue weighted by Crippen LogP contribution is -2.32. The predicted molar refractivity (Wildman–Crippen MR) is 87.1 cm³/mol. The lowest BCUT2D eigenvalue weighted by molar-refractivity contribution is -0.114. The molecule has 1 aromatic heterocycles. The number of nitrogens with zero attached hydrogens (tertiary/aromatic N) is 1. The van der Waals surface area contributed by atoms with Gasteiger partial charge in [-0.05, 0) is 44.6 Å². The van der Waals surface area contributed by atoms with Gasteiger partial charge in [0.1, 0.15) is 5.00 Å². The first-order valence-electron chi connectivity index (χ1n) is 7.69. The zero-order valence-electron chi connectivity index (χ0n) is 13.3. The van der Waals surface area contributed by atoms with Gasteiger partial charge in [-0.2, -0.15) is 0 Å². The first-order chi connectivity index (χ1) is 9.97. The van der Waals surface area contributed by atoms with Crippen molar-refractivity contribution in [3.8, 4) is 0 Å². The molecule has 1 aromatic rings. The highest BCUT2D eigenvalue weighted by Gasteiger charge is 2.29. The molecule has 21 heavy (non-hydrogen) atoms. The monoisotopic (exact) mass is 308 g/mol. The van der Waals surface area contributed by atoms with E-state index in [1.807, 2.05) is 18.7 Å². The summed E-state index contributed by atoms with van der Waals surface area (Å²) >= 11 is 1.58. The van der Waals surface area contributed by atoms with Crippen molar-refractivity contribution in [3.63, 3.8) is 0 Å². The number of hydrogen-bond donors (Lipinski definition) is 1. The van der Waals surface area contributed by atoms with E-state index in [1.54, 1.807) is 11.3 Å². The molecule has 0 bridgehead atoms. The average Bonchev–Trinajstić information content (AvgIpc) is 2.75. The Kier molecular flexibility index (Phi) is 5.04. The Morgan fingerprint density at radius 3 is 2.57 bits per heavy atom. The summed E-state index contributed by atoms with van der Waals surface area (Å²) in [6.07, 6.45) is 3.06. The fraction of sp³-hybridized carbons (Fsp3) is 0.625. The molecule has 116 valence electrons. The van der Waals surface area contributed by atoms with Crippen LogP contribution in [0.15, 0.2) is 0 Å². The highest BCUT2D eigenvalue weighted by atomic mass is 32.1. The molecule has 2 amide bonds. The first-order valence-corrected chi connectivity index (χ1v) is 8.50. The molecule has 0 spiro atoms. The summed E-state index contributed by atoms with van der Waals surface area (Å²) in [5, 5.41) is 3.60. The molecule has 1 atom stereocenters. The molecule has 0 fully saturated rings. The fourth-order valence-electron chi connectivity index (χ4n) is 2.89. The largest absolute Gasteiger partial charge is 0.339 e. The second-order valence-electron chi connectivity index (χ2n) is 5.71. The quantitative estimate of drug-likeness (QED) is 0.927. The molecule has 1 heterocycles. The van der Waals surface area contributed by atoms with E-state index < -0.39 is 0 Å². The van der Waals surface area contributed by atoms with Gasteiger partial charge in [0, 0.05) is 24.9 Å². The molecule has 0 aromatic carbocycles. The van der Waals surface area contributed by atoms with E-state index in [0.717, 1.165) is 29.8 Å². The van der Waals surface area contributed by atoms with Crippen LogP contribution in [0.1, 0.15) is 54.9 Å². The number of hydrogen-bond acceptors (Lipinski definition) is 3. The second kappa shape index (κ2) is 6.60. The Labute approximate surface area is 130 Å². The van der Waals surface area contributed by atoms with Crippen LogP contribution in [0.4, 0.5) is 5.00 Å². The number of nitrogens with one attached hydrogen (secondary N) is 1. The number of amides is 2. The summed E-state index contributed by atoms with van der Waals surface area (Å²) in [6.45, 7) is 9.09.